The van der Waals surface area contributed by atoms with E-state index in [1.165, 1.54) is 0 Å². The van der Waals surface area contributed by atoms with Crippen LogP contribution in [0.25, 0.3) is 0 Å². The molecule has 0 unspecified atom stereocenters. The van der Waals surface area contributed by atoms with Crippen molar-refractivity contribution in [2.24, 2.45) is 10.9 Å². The molecule has 0 saturated carbocycles. The van der Waals surface area contributed by atoms with Crippen molar-refractivity contribution in [2.75, 3.05) is 60.7 Å². The van der Waals surface area contributed by atoms with E-state index in [1.54, 1.807) is 14.2 Å². The standard InChI is InChI=1S/C16H32N4O3.HI/c1-17-15(21)13-14-5-8-20(9-6-14)16(18-2)19-7-4-10-23-12-11-22-3;/h14H,4-13H2,1-3H3,(H,17,21)(H,18,19);1H. The number of rotatable bonds is 9. The third-order valence-electron chi connectivity index (χ3n) is 4.06. The average molecular weight is 456 g/mol. The Hall–Kier alpha value is -0.610. The number of guanidine groups is 1. The van der Waals surface area contributed by atoms with Crippen molar-refractivity contribution >= 4 is 35.8 Å². The fraction of sp³-hybridized carbons (Fsp3) is 0.875. The molecule has 1 saturated heterocycles. The van der Waals surface area contributed by atoms with Gasteiger partial charge in [-0.2, -0.15) is 0 Å². The van der Waals surface area contributed by atoms with Gasteiger partial charge in [0.15, 0.2) is 5.96 Å². The molecule has 1 fully saturated rings. The lowest BCUT2D eigenvalue weighted by molar-refractivity contribution is -0.121. The Morgan fingerprint density at radius 1 is 1.25 bits per heavy atom. The first kappa shape index (κ1) is 23.4. The van der Waals surface area contributed by atoms with E-state index in [-0.39, 0.29) is 29.9 Å². The number of halogens is 1. The monoisotopic (exact) mass is 456 g/mol. The third-order valence-corrected chi connectivity index (χ3v) is 4.06. The fourth-order valence-corrected chi connectivity index (χ4v) is 2.66. The zero-order valence-electron chi connectivity index (χ0n) is 15.2. The molecular weight excluding hydrogens is 423 g/mol. The maximum atomic E-state index is 11.4. The largest absolute Gasteiger partial charge is 0.382 e. The summed E-state index contributed by atoms with van der Waals surface area (Å²) in [5.74, 6) is 1.57. The summed E-state index contributed by atoms with van der Waals surface area (Å²) in [6.45, 7) is 4.75. The van der Waals surface area contributed by atoms with Gasteiger partial charge >= 0.3 is 0 Å². The van der Waals surface area contributed by atoms with E-state index in [1.807, 2.05) is 7.05 Å². The Morgan fingerprint density at radius 2 is 1.96 bits per heavy atom. The van der Waals surface area contributed by atoms with Crippen LogP contribution >= 0.6 is 24.0 Å². The van der Waals surface area contributed by atoms with Crippen LogP contribution in [-0.2, 0) is 14.3 Å². The molecule has 1 aliphatic heterocycles. The van der Waals surface area contributed by atoms with E-state index in [0.29, 0.717) is 25.6 Å². The number of hydrogen-bond donors (Lipinski definition) is 2. The maximum Gasteiger partial charge on any atom is 0.220 e. The van der Waals surface area contributed by atoms with Crippen LogP contribution in [0.5, 0.6) is 0 Å². The molecule has 0 aromatic carbocycles. The molecule has 0 bridgehead atoms. The van der Waals surface area contributed by atoms with Gasteiger partial charge in [-0.3, -0.25) is 9.79 Å². The summed E-state index contributed by atoms with van der Waals surface area (Å²) >= 11 is 0. The quantitative estimate of drug-likeness (QED) is 0.235. The highest BCUT2D eigenvalue weighted by Gasteiger charge is 2.22. The number of ether oxygens (including phenoxy) is 2. The lowest BCUT2D eigenvalue weighted by Crippen LogP contribution is -2.46. The van der Waals surface area contributed by atoms with Crippen LogP contribution in [0.2, 0.25) is 0 Å². The van der Waals surface area contributed by atoms with Crippen LogP contribution in [0.1, 0.15) is 25.7 Å². The second-order valence-corrected chi connectivity index (χ2v) is 5.74. The van der Waals surface area contributed by atoms with E-state index < -0.39 is 0 Å². The zero-order chi connectivity index (χ0) is 16.9. The Bertz CT molecular complexity index is 361. The van der Waals surface area contributed by atoms with Crippen LogP contribution in [0.15, 0.2) is 4.99 Å². The second kappa shape index (κ2) is 14.7. The average Bonchev–Trinajstić information content (AvgIpc) is 2.58. The summed E-state index contributed by atoms with van der Waals surface area (Å²) in [6, 6.07) is 0. The number of amides is 1. The van der Waals surface area contributed by atoms with Crippen molar-refractivity contribution in [2.45, 2.75) is 25.7 Å². The normalized spacial score (nSPS) is 15.8. The fourth-order valence-electron chi connectivity index (χ4n) is 2.66. The Morgan fingerprint density at radius 3 is 2.54 bits per heavy atom. The molecule has 142 valence electrons. The number of likely N-dealkylation sites (tertiary alicyclic amines) is 1. The molecule has 1 rings (SSSR count). The molecule has 8 heteroatoms. The van der Waals surface area contributed by atoms with E-state index in [9.17, 15) is 4.79 Å². The van der Waals surface area contributed by atoms with Crippen LogP contribution < -0.4 is 10.6 Å². The maximum absolute atomic E-state index is 11.4. The van der Waals surface area contributed by atoms with Crippen LogP contribution in [-0.4, -0.2) is 77.4 Å². The predicted octanol–water partition coefficient (Wildman–Crippen LogP) is 1.08. The van der Waals surface area contributed by atoms with Gasteiger partial charge in [0.1, 0.15) is 0 Å². The molecule has 0 spiro atoms. The minimum atomic E-state index is 0. The van der Waals surface area contributed by atoms with Gasteiger partial charge in [0.25, 0.3) is 0 Å². The number of nitrogens with zero attached hydrogens (tertiary/aromatic N) is 2. The molecule has 0 aromatic rings. The molecule has 0 radical (unpaired) electrons. The van der Waals surface area contributed by atoms with E-state index in [0.717, 1.165) is 51.5 Å². The van der Waals surface area contributed by atoms with Crippen molar-refractivity contribution in [1.29, 1.82) is 0 Å². The summed E-state index contributed by atoms with van der Waals surface area (Å²) in [6.07, 6.45) is 3.65. The summed E-state index contributed by atoms with van der Waals surface area (Å²) in [5.41, 5.74) is 0. The van der Waals surface area contributed by atoms with Crippen molar-refractivity contribution in [1.82, 2.24) is 15.5 Å². The molecule has 0 atom stereocenters. The minimum absolute atomic E-state index is 0. The first-order chi connectivity index (χ1) is 11.2. The number of carbonyl (C=O) groups excluding carboxylic acids is 1. The number of methoxy groups -OCH3 is 1. The van der Waals surface area contributed by atoms with Gasteiger partial charge in [-0.25, -0.2) is 0 Å². The molecule has 24 heavy (non-hydrogen) atoms. The van der Waals surface area contributed by atoms with Crippen molar-refractivity contribution < 1.29 is 14.3 Å². The highest BCUT2D eigenvalue weighted by molar-refractivity contribution is 14.0. The van der Waals surface area contributed by atoms with E-state index >= 15 is 0 Å². The van der Waals surface area contributed by atoms with Gasteiger partial charge in [-0.1, -0.05) is 0 Å². The van der Waals surface area contributed by atoms with Gasteiger partial charge in [-0.05, 0) is 25.2 Å². The number of carbonyl (C=O) groups is 1. The second-order valence-electron chi connectivity index (χ2n) is 5.74. The summed E-state index contributed by atoms with van der Waals surface area (Å²) in [5, 5.41) is 6.08. The van der Waals surface area contributed by atoms with Crippen LogP contribution in [0.3, 0.4) is 0 Å². The van der Waals surface area contributed by atoms with Crippen molar-refractivity contribution in [3.63, 3.8) is 0 Å². The smallest absolute Gasteiger partial charge is 0.220 e. The summed E-state index contributed by atoms with van der Waals surface area (Å²) < 4.78 is 10.4. The number of hydrogen-bond acceptors (Lipinski definition) is 4. The number of nitrogens with one attached hydrogen (secondary N) is 2. The van der Waals surface area contributed by atoms with E-state index in [4.69, 9.17) is 9.47 Å². The number of aliphatic imine (C=N–C) groups is 1. The van der Waals surface area contributed by atoms with Gasteiger partial charge < -0.3 is 25.0 Å². The van der Waals surface area contributed by atoms with Crippen LogP contribution in [0, 0.1) is 5.92 Å². The lowest BCUT2D eigenvalue weighted by Gasteiger charge is -2.34. The Labute approximate surface area is 162 Å². The molecule has 1 amide bonds. The Balaban J connectivity index is 0.00000529. The topological polar surface area (TPSA) is 75.2 Å². The van der Waals surface area contributed by atoms with Crippen molar-refractivity contribution in [3.8, 4) is 0 Å². The molecule has 0 aromatic heterocycles. The highest BCUT2D eigenvalue weighted by atomic mass is 127. The summed E-state index contributed by atoms with van der Waals surface area (Å²) in [4.78, 5) is 18.1. The first-order valence-corrected chi connectivity index (χ1v) is 8.44. The predicted molar refractivity (Wildman–Crippen MR) is 107 cm³/mol. The van der Waals surface area contributed by atoms with Crippen LogP contribution in [0.4, 0.5) is 0 Å². The first-order valence-electron chi connectivity index (χ1n) is 8.44. The van der Waals surface area contributed by atoms with E-state index in [2.05, 4.69) is 20.5 Å². The molecular formula is C16H33IN4O3. The summed E-state index contributed by atoms with van der Waals surface area (Å²) in [7, 11) is 5.18. The van der Waals surface area contributed by atoms with Gasteiger partial charge in [-0.15, -0.1) is 24.0 Å². The van der Waals surface area contributed by atoms with Crippen molar-refractivity contribution in [3.05, 3.63) is 0 Å². The highest BCUT2D eigenvalue weighted by Crippen LogP contribution is 2.20. The Kier molecular flexibility index (Phi) is 14.3. The zero-order valence-corrected chi connectivity index (χ0v) is 17.5. The molecule has 1 heterocycles. The van der Waals surface area contributed by atoms with Gasteiger partial charge in [0.2, 0.25) is 5.91 Å². The van der Waals surface area contributed by atoms with Gasteiger partial charge in [0.05, 0.1) is 13.2 Å². The third kappa shape index (κ3) is 9.63. The lowest BCUT2D eigenvalue weighted by atomic mass is 9.93. The molecule has 7 nitrogen and oxygen atoms in total. The SMILES string of the molecule is CN=C(NCCCOCCOC)N1CCC(CC(=O)NC)CC1.I. The molecule has 1 aliphatic rings. The van der Waals surface area contributed by atoms with Gasteiger partial charge in [0, 0.05) is 53.9 Å². The number of piperidine rings is 1. The minimum Gasteiger partial charge on any atom is -0.382 e. The molecule has 2 N–H and O–H groups in total. The molecule has 0 aliphatic carbocycles.